The first kappa shape index (κ1) is 20.1. The summed E-state index contributed by atoms with van der Waals surface area (Å²) in [6.07, 6.45) is 0. The lowest BCUT2D eigenvalue weighted by Crippen LogP contribution is -2.28. The molecule has 0 aliphatic carbocycles. The van der Waals surface area contributed by atoms with E-state index in [4.69, 9.17) is 17.0 Å². The van der Waals surface area contributed by atoms with Gasteiger partial charge in [0.15, 0.2) is 5.11 Å². The van der Waals surface area contributed by atoms with Crippen molar-refractivity contribution in [3.8, 4) is 0 Å². The summed E-state index contributed by atoms with van der Waals surface area (Å²) in [5, 5.41) is 7.19. The van der Waals surface area contributed by atoms with E-state index >= 15 is 0 Å². The van der Waals surface area contributed by atoms with E-state index < -0.39 is 0 Å². The van der Waals surface area contributed by atoms with E-state index in [9.17, 15) is 0 Å². The lowest BCUT2D eigenvalue weighted by Gasteiger charge is -2.14. The molecule has 0 atom stereocenters. The zero-order chi connectivity index (χ0) is 19.8. The van der Waals surface area contributed by atoms with Crippen LogP contribution in [0.4, 0.5) is 5.69 Å². The predicted molar refractivity (Wildman–Crippen MR) is 120 cm³/mol. The van der Waals surface area contributed by atoms with Crippen LogP contribution in [0.5, 0.6) is 0 Å². The standard InChI is InChI=1S/C24H26N2OS/c1-18-8-6-13-23(19(18)2)26-24(28)25-15-21-11-7-12-22(14-21)17-27-16-20-9-4-3-5-10-20/h3-14H,15-17H2,1-2H3,(H2,25,26,28). The molecule has 28 heavy (non-hydrogen) atoms. The highest BCUT2D eigenvalue weighted by Gasteiger charge is 2.04. The average Bonchev–Trinajstić information content (AvgIpc) is 2.71. The molecule has 0 amide bonds. The Balaban J connectivity index is 1.48. The van der Waals surface area contributed by atoms with E-state index in [1.807, 2.05) is 30.3 Å². The molecule has 0 radical (unpaired) electrons. The van der Waals surface area contributed by atoms with Crippen molar-refractivity contribution in [2.24, 2.45) is 0 Å². The van der Waals surface area contributed by atoms with Gasteiger partial charge in [0.1, 0.15) is 0 Å². The van der Waals surface area contributed by atoms with Crippen LogP contribution in [-0.2, 0) is 24.5 Å². The van der Waals surface area contributed by atoms with Gasteiger partial charge in [0.05, 0.1) is 13.2 Å². The third-order valence-electron chi connectivity index (χ3n) is 4.68. The summed E-state index contributed by atoms with van der Waals surface area (Å²) in [6, 6.07) is 24.8. The molecule has 0 saturated carbocycles. The Morgan fingerprint density at radius 3 is 2.32 bits per heavy atom. The number of aryl methyl sites for hydroxylation is 1. The van der Waals surface area contributed by atoms with Crippen LogP contribution in [0.25, 0.3) is 0 Å². The maximum Gasteiger partial charge on any atom is 0.171 e. The van der Waals surface area contributed by atoms with Crippen LogP contribution in [0.1, 0.15) is 27.8 Å². The van der Waals surface area contributed by atoms with Gasteiger partial charge in [0.2, 0.25) is 0 Å². The van der Waals surface area contributed by atoms with Crippen molar-refractivity contribution in [2.75, 3.05) is 5.32 Å². The quantitative estimate of drug-likeness (QED) is 0.522. The Labute approximate surface area is 172 Å². The van der Waals surface area contributed by atoms with E-state index in [2.05, 4.69) is 66.9 Å². The monoisotopic (exact) mass is 390 g/mol. The summed E-state index contributed by atoms with van der Waals surface area (Å²) >= 11 is 5.45. The second-order valence-corrected chi connectivity index (χ2v) is 7.26. The number of rotatable bonds is 7. The second-order valence-electron chi connectivity index (χ2n) is 6.85. The molecule has 0 aliphatic rings. The molecular weight excluding hydrogens is 364 g/mol. The minimum absolute atomic E-state index is 0.591. The van der Waals surface area contributed by atoms with Crippen molar-refractivity contribution in [1.82, 2.24) is 5.32 Å². The third kappa shape index (κ3) is 5.91. The minimum Gasteiger partial charge on any atom is -0.372 e. The SMILES string of the molecule is Cc1cccc(NC(=S)NCc2cccc(COCc3ccccc3)c2)c1C. The molecule has 3 nitrogen and oxygen atoms in total. The molecule has 3 aromatic carbocycles. The van der Waals surface area contributed by atoms with Gasteiger partial charge in [-0.1, -0.05) is 66.7 Å². The molecule has 0 unspecified atom stereocenters. The Kier molecular flexibility index (Phi) is 7.18. The number of hydrogen-bond acceptors (Lipinski definition) is 2. The Morgan fingerprint density at radius 2 is 1.50 bits per heavy atom. The van der Waals surface area contributed by atoms with E-state index in [-0.39, 0.29) is 0 Å². The van der Waals surface area contributed by atoms with Crippen molar-refractivity contribution in [3.63, 3.8) is 0 Å². The number of nitrogens with one attached hydrogen (secondary N) is 2. The van der Waals surface area contributed by atoms with Crippen molar-refractivity contribution >= 4 is 23.0 Å². The van der Waals surface area contributed by atoms with Crippen LogP contribution in [0, 0.1) is 13.8 Å². The fraction of sp³-hybridized carbons (Fsp3) is 0.208. The molecule has 0 spiro atoms. The molecule has 0 aromatic heterocycles. The summed E-state index contributed by atoms with van der Waals surface area (Å²) in [7, 11) is 0. The zero-order valence-corrected chi connectivity index (χ0v) is 17.2. The van der Waals surface area contributed by atoms with Crippen LogP contribution in [0.3, 0.4) is 0 Å². The van der Waals surface area contributed by atoms with Crippen LogP contribution >= 0.6 is 12.2 Å². The van der Waals surface area contributed by atoms with E-state index in [1.165, 1.54) is 22.3 Å². The number of ether oxygens (including phenoxy) is 1. The zero-order valence-electron chi connectivity index (χ0n) is 16.4. The summed E-state index contributed by atoms with van der Waals surface area (Å²) < 4.78 is 5.83. The molecule has 0 aliphatic heterocycles. The molecule has 0 bridgehead atoms. The van der Waals surface area contributed by atoms with Gasteiger partial charge in [0, 0.05) is 12.2 Å². The topological polar surface area (TPSA) is 33.3 Å². The van der Waals surface area contributed by atoms with Gasteiger partial charge >= 0.3 is 0 Å². The maximum absolute atomic E-state index is 5.83. The fourth-order valence-corrected chi connectivity index (χ4v) is 3.11. The molecule has 2 N–H and O–H groups in total. The molecule has 3 aromatic rings. The highest BCUT2D eigenvalue weighted by atomic mass is 32.1. The second kappa shape index (κ2) is 10.0. The van der Waals surface area contributed by atoms with Gasteiger partial charge in [-0.2, -0.15) is 0 Å². The van der Waals surface area contributed by atoms with E-state index in [0.29, 0.717) is 24.9 Å². The molecule has 0 fully saturated rings. The van der Waals surface area contributed by atoms with Crippen LogP contribution in [0.2, 0.25) is 0 Å². The van der Waals surface area contributed by atoms with Crippen LogP contribution in [0.15, 0.2) is 72.8 Å². The summed E-state index contributed by atoms with van der Waals surface area (Å²) in [6.45, 7) is 6.08. The van der Waals surface area contributed by atoms with Crippen LogP contribution < -0.4 is 10.6 Å². The average molecular weight is 391 g/mol. The summed E-state index contributed by atoms with van der Waals surface area (Å²) in [5.74, 6) is 0. The third-order valence-corrected chi connectivity index (χ3v) is 4.92. The molecule has 144 valence electrons. The number of hydrogen-bond donors (Lipinski definition) is 2. The largest absolute Gasteiger partial charge is 0.372 e. The fourth-order valence-electron chi connectivity index (χ4n) is 2.93. The first-order chi connectivity index (χ1) is 13.6. The first-order valence-corrected chi connectivity index (χ1v) is 9.83. The van der Waals surface area contributed by atoms with E-state index in [1.54, 1.807) is 0 Å². The van der Waals surface area contributed by atoms with E-state index in [0.717, 1.165) is 11.3 Å². The van der Waals surface area contributed by atoms with Gasteiger partial charge in [-0.15, -0.1) is 0 Å². The highest BCUT2D eigenvalue weighted by molar-refractivity contribution is 7.80. The highest BCUT2D eigenvalue weighted by Crippen LogP contribution is 2.17. The van der Waals surface area contributed by atoms with Gasteiger partial charge < -0.3 is 15.4 Å². The Hall–Kier alpha value is -2.69. The number of thiocarbonyl (C=S) groups is 1. The van der Waals surface area contributed by atoms with Gasteiger partial charge in [-0.25, -0.2) is 0 Å². The summed E-state index contributed by atoms with van der Waals surface area (Å²) in [4.78, 5) is 0. The molecule has 4 heteroatoms. The smallest absolute Gasteiger partial charge is 0.171 e. The van der Waals surface area contributed by atoms with Gasteiger partial charge in [0.25, 0.3) is 0 Å². The van der Waals surface area contributed by atoms with Crippen molar-refractivity contribution in [2.45, 2.75) is 33.6 Å². The normalized spacial score (nSPS) is 10.5. The van der Waals surface area contributed by atoms with Crippen molar-refractivity contribution < 1.29 is 4.74 Å². The van der Waals surface area contributed by atoms with Gasteiger partial charge in [-0.05, 0) is 59.9 Å². The molecular formula is C24H26N2OS. The van der Waals surface area contributed by atoms with Gasteiger partial charge in [-0.3, -0.25) is 0 Å². The molecule has 0 heterocycles. The Morgan fingerprint density at radius 1 is 0.821 bits per heavy atom. The van der Waals surface area contributed by atoms with Crippen molar-refractivity contribution in [3.05, 3.63) is 101 Å². The number of benzene rings is 3. The van der Waals surface area contributed by atoms with Crippen LogP contribution in [-0.4, -0.2) is 5.11 Å². The first-order valence-electron chi connectivity index (χ1n) is 9.42. The van der Waals surface area contributed by atoms with Crippen molar-refractivity contribution in [1.29, 1.82) is 0 Å². The lowest BCUT2D eigenvalue weighted by molar-refractivity contribution is 0.107. The number of anilines is 1. The maximum atomic E-state index is 5.83. The molecule has 0 saturated heterocycles. The minimum atomic E-state index is 0.591. The predicted octanol–water partition coefficient (Wildman–Crippen LogP) is 5.51. The summed E-state index contributed by atoms with van der Waals surface area (Å²) in [5.41, 5.74) is 7.01. The Bertz CT molecular complexity index is 925. The lowest BCUT2D eigenvalue weighted by atomic mass is 10.1. The molecule has 3 rings (SSSR count).